The van der Waals surface area contributed by atoms with Crippen LogP contribution in [0.1, 0.15) is 44.5 Å². The first-order chi connectivity index (χ1) is 11.2. The quantitative estimate of drug-likeness (QED) is 0.610. The molecule has 5 N–H and O–H groups in total. The Hall–Kier alpha value is -2.57. The Morgan fingerprint density at radius 3 is 2.33 bits per heavy atom. The van der Waals surface area contributed by atoms with Crippen molar-refractivity contribution in [2.45, 2.75) is 46.2 Å². The molecule has 7 nitrogen and oxygen atoms in total. The van der Waals surface area contributed by atoms with Crippen LogP contribution in [-0.4, -0.2) is 29.9 Å². The van der Waals surface area contributed by atoms with Crippen LogP contribution in [0.4, 0.5) is 10.5 Å². The molecular weight excluding hydrogens is 308 g/mol. The number of anilines is 1. The molecular formula is C17H26N4O3. The zero-order valence-corrected chi connectivity index (χ0v) is 14.6. The average Bonchev–Trinajstić information content (AvgIpc) is 2.50. The van der Waals surface area contributed by atoms with Gasteiger partial charge in [-0.2, -0.15) is 0 Å². The molecule has 1 aromatic rings. The van der Waals surface area contributed by atoms with Gasteiger partial charge in [-0.25, -0.2) is 4.79 Å². The zero-order chi connectivity index (χ0) is 18.3. The molecule has 0 aromatic heterocycles. The lowest BCUT2D eigenvalue weighted by Crippen LogP contribution is -2.48. The molecule has 0 radical (unpaired) electrons. The molecule has 0 aliphatic rings. The van der Waals surface area contributed by atoms with E-state index in [4.69, 9.17) is 5.73 Å². The van der Waals surface area contributed by atoms with Gasteiger partial charge in [-0.3, -0.25) is 9.59 Å². The van der Waals surface area contributed by atoms with Crippen molar-refractivity contribution in [1.82, 2.24) is 10.6 Å². The van der Waals surface area contributed by atoms with Crippen LogP contribution < -0.4 is 21.7 Å². The van der Waals surface area contributed by atoms with Crippen LogP contribution in [-0.2, 0) is 4.79 Å². The average molecular weight is 334 g/mol. The second-order valence-corrected chi connectivity index (χ2v) is 6.07. The van der Waals surface area contributed by atoms with Gasteiger partial charge in [0.15, 0.2) is 0 Å². The minimum atomic E-state index is -0.733. The number of nitrogens with one attached hydrogen (secondary N) is 3. The van der Waals surface area contributed by atoms with Gasteiger partial charge in [-0.15, -0.1) is 0 Å². The van der Waals surface area contributed by atoms with Crippen molar-refractivity contribution in [2.75, 3.05) is 5.32 Å². The van der Waals surface area contributed by atoms with Gasteiger partial charge in [-0.1, -0.05) is 26.3 Å². The smallest absolute Gasteiger partial charge is 0.319 e. The maximum atomic E-state index is 12.3. The Balaban J connectivity index is 2.83. The number of hydrogen-bond acceptors (Lipinski definition) is 3. The molecule has 0 fully saturated rings. The van der Waals surface area contributed by atoms with E-state index in [2.05, 4.69) is 16.0 Å². The molecule has 24 heavy (non-hydrogen) atoms. The molecule has 0 saturated heterocycles. The van der Waals surface area contributed by atoms with Gasteiger partial charge in [0.1, 0.15) is 6.04 Å². The third-order valence-electron chi connectivity index (χ3n) is 3.61. The molecule has 0 saturated carbocycles. The van der Waals surface area contributed by atoms with Crippen LogP contribution in [0.2, 0.25) is 0 Å². The highest BCUT2D eigenvalue weighted by Crippen LogP contribution is 2.13. The maximum absolute atomic E-state index is 12.3. The maximum Gasteiger partial charge on any atom is 0.319 e. The predicted molar refractivity (Wildman–Crippen MR) is 93.6 cm³/mol. The number of hydrogen-bond donors (Lipinski definition) is 4. The van der Waals surface area contributed by atoms with E-state index in [-0.39, 0.29) is 18.0 Å². The van der Waals surface area contributed by atoms with Crippen LogP contribution in [0.5, 0.6) is 0 Å². The standard InChI is InChI=1S/C17H26N4O3/c1-5-11(4)14(15(18)22)21-16(23)12-7-6-8-13(9-12)20-17(24)19-10(2)3/h6-11,14H,5H2,1-4H3,(H2,18,22)(H,21,23)(H2,19,20,24). The molecule has 0 bridgehead atoms. The fourth-order valence-electron chi connectivity index (χ4n) is 2.12. The van der Waals surface area contributed by atoms with Gasteiger partial charge in [0.05, 0.1) is 0 Å². The second-order valence-electron chi connectivity index (χ2n) is 6.07. The predicted octanol–water partition coefficient (Wildman–Crippen LogP) is 1.85. The molecule has 132 valence electrons. The molecule has 0 heterocycles. The van der Waals surface area contributed by atoms with Crippen molar-refractivity contribution in [2.24, 2.45) is 11.7 Å². The Kier molecular flexibility index (Phi) is 7.23. The Morgan fingerprint density at radius 1 is 1.12 bits per heavy atom. The van der Waals surface area contributed by atoms with Gasteiger partial charge in [-0.05, 0) is 38.0 Å². The number of amides is 4. The van der Waals surface area contributed by atoms with Crippen LogP contribution in [0.15, 0.2) is 24.3 Å². The summed E-state index contributed by atoms with van der Waals surface area (Å²) in [6.07, 6.45) is 0.713. The van der Waals surface area contributed by atoms with E-state index in [0.717, 1.165) is 0 Å². The largest absolute Gasteiger partial charge is 0.368 e. The first-order valence-electron chi connectivity index (χ1n) is 8.02. The fraction of sp³-hybridized carbons (Fsp3) is 0.471. The lowest BCUT2D eigenvalue weighted by Gasteiger charge is -2.21. The van der Waals surface area contributed by atoms with Crippen molar-refractivity contribution in [1.29, 1.82) is 0 Å². The van der Waals surface area contributed by atoms with Gasteiger partial charge in [0.2, 0.25) is 5.91 Å². The van der Waals surface area contributed by atoms with E-state index in [1.54, 1.807) is 24.3 Å². The molecule has 0 aliphatic heterocycles. The van der Waals surface area contributed by atoms with Crippen molar-refractivity contribution in [3.8, 4) is 0 Å². The number of carbonyl (C=O) groups excluding carboxylic acids is 3. The van der Waals surface area contributed by atoms with Gasteiger partial charge in [0.25, 0.3) is 5.91 Å². The number of rotatable bonds is 7. The Morgan fingerprint density at radius 2 is 1.79 bits per heavy atom. The summed E-state index contributed by atoms with van der Waals surface area (Å²) in [6, 6.07) is 5.41. The highest BCUT2D eigenvalue weighted by Gasteiger charge is 2.24. The molecule has 1 aromatic carbocycles. The fourth-order valence-corrected chi connectivity index (χ4v) is 2.12. The number of urea groups is 1. The van der Waals surface area contributed by atoms with E-state index in [0.29, 0.717) is 17.7 Å². The van der Waals surface area contributed by atoms with Gasteiger partial charge in [0, 0.05) is 17.3 Å². The molecule has 0 spiro atoms. The molecule has 2 atom stereocenters. The van der Waals surface area contributed by atoms with Crippen molar-refractivity contribution in [3.63, 3.8) is 0 Å². The minimum Gasteiger partial charge on any atom is -0.368 e. The highest BCUT2D eigenvalue weighted by atomic mass is 16.2. The number of carbonyl (C=O) groups is 3. The summed E-state index contributed by atoms with van der Waals surface area (Å²) in [5.74, 6) is -1.04. The third-order valence-corrected chi connectivity index (χ3v) is 3.61. The first-order valence-corrected chi connectivity index (χ1v) is 8.02. The summed E-state index contributed by atoms with van der Waals surface area (Å²) >= 11 is 0. The van der Waals surface area contributed by atoms with Crippen molar-refractivity contribution in [3.05, 3.63) is 29.8 Å². The summed E-state index contributed by atoms with van der Waals surface area (Å²) in [7, 11) is 0. The SMILES string of the molecule is CCC(C)C(NC(=O)c1cccc(NC(=O)NC(C)C)c1)C(N)=O. The van der Waals surface area contributed by atoms with E-state index in [1.807, 2.05) is 27.7 Å². The van der Waals surface area contributed by atoms with Crippen LogP contribution in [0.25, 0.3) is 0 Å². The molecule has 4 amide bonds. The topological polar surface area (TPSA) is 113 Å². The molecule has 1 rings (SSSR count). The number of benzene rings is 1. The van der Waals surface area contributed by atoms with E-state index in [9.17, 15) is 14.4 Å². The Bertz CT molecular complexity index is 601. The van der Waals surface area contributed by atoms with E-state index in [1.165, 1.54) is 0 Å². The van der Waals surface area contributed by atoms with Gasteiger partial charge < -0.3 is 21.7 Å². The molecule has 7 heteroatoms. The summed E-state index contributed by atoms with van der Waals surface area (Å²) < 4.78 is 0. The van der Waals surface area contributed by atoms with Crippen LogP contribution in [0, 0.1) is 5.92 Å². The summed E-state index contributed by atoms with van der Waals surface area (Å²) in [5.41, 5.74) is 6.19. The van der Waals surface area contributed by atoms with Crippen molar-refractivity contribution < 1.29 is 14.4 Å². The van der Waals surface area contributed by atoms with Crippen LogP contribution >= 0.6 is 0 Å². The summed E-state index contributed by atoms with van der Waals surface area (Å²) in [4.78, 5) is 35.6. The third kappa shape index (κ3) is 5.91. The van der Waals surface area contributed by atoms with E-state index >= 15 is 0 Å². The lowest BCUT2D eigenvalue weighted by atomic mass is 9.98. The zero-order valence-electron chi connectivity index (χ0n) is 14.6. The monoisotopic (exact) mass is 334 g/mol. The van der Waals surface area contributed by atoms with E-state index < -0.39 is 17.9 Å². The molecule has 2 unspecified atom stereocenters. The van der Waals surface area contributed by atoms with Crippen LogP contribution in [0.3, 0.4) is 0 Å². The Labute approximate surface area is 142 Å². The van der Waals surface area contributed by atoms with Crippen molar-refractivity contribution >= 4 is 23.5 Å². The summed E-state index contributed by atoms with van der Waals surface area (Å²) in [5, 5.41) is 8.01. The number of primary amides is 1. The second kappa shape index (κ2) is 8.90. The normalized spacial score (nSPS) is 13.0. The summed E-state index contributed by atoms with van der Waals surface area (Å²) in [6.45, 7) is 7.47. The lowest BCUT2D eigenvalue weighted by molar-refractivity contribution is -0.120. The van der Waals surface area contributed by atoms with Gasteiger partial charge >= 0.3 is 6.03 Å². The number of nitrogens with two attached hydrogens (primary N) is 1. The highest BCUT2D eigenvalue weighted by molar-refractivity contribution is 5.99. The first kappa shape index (κ1) is 19.5. The molecule has 0 aliphatic carbocycles. The minimum absolute atomic E-state index is 0.00309.